The number of carbonyl (C=O) groups is 1. The number of hydrogen-bond donors (Lipinski definition) is 0. The summed E-state index contributed by atoms with van der Waals surface area (Å²) in [4.78, 5) is 21.8. The van der Waals surface area contributed by atoms with Crippen LogP contribution in [0.15, 0.2) is 30.6 Å². The largest absolute Gasteiger partial charge is 0.480 e. The van der Waals surface area contributed by atoms with E-state index in [1.165, 1.54) is 19.5 Å². The Morgan fingerprint density at radius 1 is 1.03 bits per heavy atom. The Hall–Kier alpha value is -3.05. The zero-order valence-electron chi connectivity index (χ0n) is 16.1. The molecule has 1 aliphatic rings. The van der Waals surface area contributed by atoms with Crippen molar-refractivity contribution in [2.24, 2.45) is 0 Å². The summed E-state index contributed by atoms with van der Waals surface area (Å²) in [5, 5.41) is 0. The Balaban J connectivity index is 1.81. The van der Waals surface area contributed by atoms with Gasteiger partial charge in [-0.2, -0.15) is 31.3 Å². The van der Waals surface area contributed by atoms with Crippen LogP contribution in [-0.2, 0) is 12.4 Å². The van der Waals surface area contributed by atoms with Crippen LogP contribution in [0.1, 0.15) is 34.3 Å². The van der Waals surface area contributed by atoms with Crippen LogP contribution in [-0.4, -0.2) is 47.1 Å². The zero-order valence-corrected chi connectivity index (χ0v) is 16.1. The highest BCUT2D eigenvalue weighted by molar-refractivity contribution is 5.94. The van der Waals surface area contributed by atoms with Crippen molar-refractivity contribution in [1.82, 2.24) is 14.9 Å². The van der Waals surface area contributed by atoms with E-state index < -0.39 is 41.1 Å². The highest BCUT2D eigenvalue weighted by Gasteiger charge is 2.38. The fourth-order valence-corrected chi connectivity index (χ4v) is 3.14. The number of amides is 1. The second kappa shape index (κ2) is 8.60. The number of benzene rings is 1. The quantitative estimate of drug-likeness (QED) is 0.655. The van der Waals surface area contributed by atoms with E-state index in [1.54, 1.807) is 0 Å². The van der Waals surface area contributed by atoms with Gasteiger partial charge in [-0.15, -0.1) is 0 Å². The lowest BCUT2D eigenvalue weighted by Gasteiger charge is -2.32. The summed E-state index contributed by atoms with van der Waals surface area (Å²) in [7, 11) is 1.39. The number of methoxy groups -OCH3 is 1. The first-order valence-corrected chi connectivity index (χ1v) is 9.09. The summed E-state index contributed by atoms with van der Waals surface area (Å²) < 4.78 is 89.0. The lowest BCUT2D eigenvalue weighted by atomic mass is 10.0. The van der Waals surface area contributed by atoms with E-state index in [0.29, 0.717) is 25.0 Å². The monoisotopic (exact) mass is 449 g/mol. The van der Waals surface area contributed by atoms with E-state index in [9.17, 15) is 31.1 Å². The number of aromatic nitrogens is 2. The van der Waals surface area contributed by atoms with Crippen molar-refractivity contribution in [2.45, 2.75) is 31.3 Å². The molecular formula is C19H17F6N3O3. The Morgan fingerprint density at radius 2 is 1.65 bits per heavy atom. The van der Waals surface area contributed by atoms with Crippen molar-refractivity contribution >= 4 is 5.91 Å². The van der Waals surface area contributed by atoms with Gasteiger partial charge in [0.05, 0.1) is 37.2 Å². The molecule has 0 spiro atoms. The van der Waals surface area contributed by atoms with Crippen molar-refractivity contribution in [3.63, 3.8) is 0 Å². The van der Waals surface area contributed by atoms with Crippen LogP contribution in [0.5, 0.6) is 11.8 Å². The second-order valence-corrected chi connectivity index (χ2v) is 6.83. The molecule has 31 heavy (non-hydrogen) atoms. The minimum Gasteiger partial charge on any atom is -0.480 e. The van der Waals surface area contributed by atoms with Crippen LogP contribution in [0.4, 0.5) is 26.3 Å². The minimum absolute atomic E-state index is 0.0135. The third-order valence-electron chi connectivity index (χ3n) is 4.59. The van der Waals surface area contributed by atoms with E-state index >= 15 is 0 Å². The Kier molecular flexibility index (Phi) is 6.27. The molecule has 168 valence electrons. The SMILES string of the molecule is COc1cncc(OC2CCCN(C(=O)c3cc(C(F)(F)F)cc(C(F)(F)F)c3)C2)n1. The standard InChI is InChI=1S/C19H17F6N3O3/c1-30-15-8-26-9-16(27-15)31-14-3-2-4-28(10-14)17(29)11-5-12(18(20,21)22)7-13(6-11)19(23,24)25/h5-9,14H,2-4,10H2,1H3. The molecule has 1 unspecified atom stereocenters. The van der Waals surface area contributed by atoms with E-state index in [1.807, 2.05) is 0 Å². The molecule has 1 atom stereocenters. The first-order valence-electron chi connectivity index (χ1n) is 9.09. The lowest BCUT2D eigenvalue weighted by molar-refractivity contribution is -0.143. The van der Waals surface area contributed by atoms with E-state index in [2.05, 4.69) is 9.97 Å². The number of hydrogen-bond acceptors (Lipinski definition) is 5. The molecule has 0 radical (unpaired) electrons. The van der Waals surface area contributed by atoms with Crippen molar-refractivity contribution in [3.05, 3.63) is 47.3 Å². The third kappa shape index (κ3) is 5.56. The molecule has 0 N–H and O–H groups in total. The van der Waals surface area contributed by atoms with Crippen molar-refractivity contribution in [3.8, 4) is 11.8 Å². The number of rotatable bonds is 4. The molecule has 0 bridgehead atoms. The summed E-state index contributed by atoms with van der Waals surface area (Å²) in [6, 6.07) is 0.839. The van der Waals surface area contributed by atoms with Gasteiger partial charge in [0, 0.05) is 12.1 Å². The zero-order chi connectivity index (χ0) is 22.8. The van der Waals surface area contributed by atoms with E-state index in [4.69, 9.17) is 9.47 Å². The van der Waals surface area contributed by atoms with Crippen molar-refractivity contribution < 1.29 is 40.6 Å². The lowest BCUT2D eigenvalue weighted by Crippen LogP contribution is -2.44. The maximum absolute atomic E-state index is 13.1. The smallest absolute Gasteiger partial charge is 0.416 e. The number of piperidine rings is 1. The van der Waals surface area contributed by atoms with Gasteiger partial charge in [-0.1, -0.05) is 0 Å². The molecule has 1 aromatic heterocycles. The van der Waals surface area contributed by atoms with Gasteiger partial charge in [-0.3, -0.25) is 9.78 Å². The number of ether oxygens (including phenoxy) is 2. The van der Waals surface area contributed by atoms with Crippen molar-refractivity contribution in [2.75, 3.05) is 20.2 Å². The molecule has 1 amide bonds. The number of carbonyl (C=O) groups excluding carboxylic acids is 1. The fraction of sp³-hybridized carbons (Fsp3) is 0.421. The molecule has 0 aliphatic carbocycles. The summed E-state index contributed by atoms with van der Waals surface area (Å²) >= 11 is 0. The highest BCUT2D eigenvalue weighted by Crippen LogP contribution is 2.36. The van der Waals surface area contributed by atoms with Crippen LogP contribution >= 0.6 is 0 Å². The number of likely N-dealkylation sites (tertiary alicyclic amines) is 1. The fourth-order valence-electron chi connectivity index (χ4n) is 3.14. The van der Waals surface area contributed by atoms with Gasteiger partial charge in [-0.05, 0) is 31.0 Å². The predicted octanol–water partition coefficient (Wildman–Crippen LogP) is 4.21. The van der Waals surface area contributed by atoms with Gasteiger partial charge in [0.15, 0.2) is 0 Å². The van der Waals surface area contributed by atoms with Gasteiger partial charge in [0.1, 0.15) is 6.10 Å². The first-order chi connectivity index (χ1) is 14.5. The second-order valence-electron chi connectivity index (χ2n) is 6.83. The van der Waals surface area contributed by atoms with Gasteiger partial charge in [0.25, 0.3) is 5.91 Å². The van der Waals surface area contributed by atoms with Crippen LogP contribution in [0.2, 0.25) is 0 Å². The number of halogens is 6. The Bertz CT molecular complexity index is 916. The summed E-state index contributed by atoms with van der Waals surface area (Å²) in [6.07, 6.45) is -6.99. The molecule has 1 aromatic carbocycles. The number of nitrogens with zero attached hydrogens (tertiary/aromatic N) is 3. The van der Waals surface area contributed by atoms with Gasteiger partial charge in [-0.25, -0.2) is 0 Å². The average Bonchev–Trinajstić information content (AvgIpc) is 2.72. The minimum atomic E-state index is -5.03. The van der Waals surface area contributed by atoms with E-state index in [-0.39, 0.29) is 30.9 Å². The maximum Gasteiger partial charge on any atom is 0.416 e. The highest BCUT2D eigenvalue weighted by atomic mass is 19.4. The van der Waals surface area contributed by atoms with Gasteiger partial charge < -0.3 is 14.4 Å². The van der Waals surface area contributed by atoms with Crippen LogP contribution < -0.4 is 9.47 Å². The van der Waals surface area contributed by atoms with Gasteiger partial charge >= 0.3 is 12.4 Å². The van der Waals surface area contributed by atoms with Gasteiger partial charge in [0.2, 0.25) is 11.8 Å². The van der Waals surface area contributed by atoms with Crippen LogP contribution in [0.25, 0.3) is 0 Å². The maximum atomic E-state index is 13.1. The summed E-state index contributed by atoms with van der Waals surface area (Å²) in [6.45, 7) is 0.134. The van der Waals surface area contributed by atoms with Crippen LogP contribution in [0.3, 0.4) is 0 Å². The molecule has 2 aromatic rings. The molecule has 3 rings (SSSR count). The first kappa shape index (κ1) is 22.6. The average molecular weight is 449 g/mol. The van der Waals surface area contributed by atoms with Crippen molar-refractivity contribution in [1.29, 1.82) is 0 Å². The molecular weight excluding hydrogens is 432 g/mol. The molecule has 2 heterocycles. The Labute approximate surface area is 172 Å². The normalized spacial score (nSPS) is 17.4. The Morgan fingerprint density at radius 3 is 2.23 bits per heavy atom. The molecule has 6 nitrogen and oxygen atoms in total. The summed E-state index contributed by atoms with van der Waals surface area (Å²) in [5.74, 6) is -0.622. The third-order valence-corrected chi connectivity index (χ3v) is 4.59. The predicted molar refractivity (Wildman–Crippen MR) is 94.6 cm³/mol. The number of alkyl halides is 6. The molecule has 1 saturated heterocycles. The van der Waals surface area contributed by atoms with Crippen LogP contribution in [0, 0.1) is 0 Å². The molecule has 1 aliphatic heterocycles. The van der Waals surface area contributed by atoms with E-state index in [0.717, 1.165) is 4.90 Å². The topological polar surface area (TPSA) is 64.6 Å². The molecule has 1 fully saturated rings. The molecule has 12 heteroatoms. The summed E-state index contributed by atoms with van der Waals surface area (Å²) in [5.41, 5.74) is -3.77. The molecule has 0 saturated carbocycles.